The molecule has 1 N–H and O–H groups in total. The van der Waals surface area contributed by atoms with Crippen LogP contribution in [0.2, 0.25) is 0 Å². The lowest BCUT2D eigenvalue weighted by atomic mass is 9.96. The van der Waals surface area contributed by atoms with Gasteiger partial charge in [-0.05, 0) is 31.5 Å². The van der Waals surface area contributed by atoms with Crippen LogP contribution in [-0.4, -0.2) is 79.3 Å². The Morgan fingerprint density at radius 2 is 2.22 bits per heavy atom. The van der Waals surface area contributed by atoms with Crippen LogP contribution in [0.15, 0.2) is 18.5 Å². The van der Waals surface area contributed by atoms with Gasteiger partial charge in [0.1, 0.15) is 0 Å². The third-order valence-corrected chi connectivity index (χ3v) is 4.59. The summed E-state index contributed by atoms with van der Waals surface area (Å²) in [6.45, 7) is 5.70. The van der Waals surface area contributed by atoms with Gasteiger partial charge >= 0.3 is 0 Å². The number of carbonyl (C=O) groups is 1. The zero-order valence-electron chi connectivity index (χ0n) is 14.2. The number of ether oxygens (including phenoxy) is 1. The standard InChI is InChI=1S/C17H27N3O3/c1-13-4-5-18-8-16(13)17(22)20-10-14(15(11-20)12-21)9-19(2)6-7-23-3/h4-5,8,14-15,21H,6-7,9-12H2,1-3H3/t14-,15-/m1/s1. The molecule has 0 unspecified atom stereocenters. The summed E-state index contributed by atoms with van der Waals surface area (Å²) in [6, 6.07) is 1.85. The van der Waals surface area contributed by atoms with Crippen molar-refractivity contribution in [2.24, 2.45) is 11.8 Å². The van der Waals surface area contributed by atoms with Gasteiger partial charge in [0.15, 0.2) is 0 Å². The first-order valence-electron chi connectivity index (χ1n) is 8.05. The lowest BCUT2D eigenvalue weighted by Crippen LogP contribution is -2.34. The molecule has 2 atom stereocenters. The number of methoxy groups -OCH3 is 1. The quantitative estimate of drug-likeness (QED) is 0.799. The maximum atomic E-state index is 12.7. The van der Waals surface area contributed by atoms with Crippen LogP contribution in [0.25, 0.3) is 0 Å². The molecule has 1 fully saturated rings. The molecule has 1 aliphatic heterocycles. The predicted octanol–water partition coefficient (Wildman–Crippen LogP) is 0.649. The Morgan fingerprint density at radius 1 is 1.48 bits per heavy atom. The Bertz CT molecular complexity index is 524. The number of carbonyl (C=O) groups excluding carboxylic acids is 1. The summed E-state index contributed by atoms with van der Waals surface area (Å²) in [4.78, 5) is 20.8. The predicted molar refractivity (Wildman–Crippen MR) is 88.3 cm³/mol. The van der Waals surface area contributed by atoms with Crippen molar-refractivity contribution in [3.05, 3.63) is 29.6 Å². The highest BCUT2D eigenvalue weighted by molar-refractivity contribution is 5.95. The second-order valence-electron chi connectivity index (χ2n) is 6.36. The van der Waals surface area contributed by atoms with E-state index in [-0.39, 0.29) is 24.3 Å². The molecule has 0 radical (unpaired) electrons. The normalized spacial score (nSPS) is 21.2. The van der Waals surface area contributed by atoms with E-state index in [1.165, 1.54) is 0 Å². The molecule has 0 aliphatic carbocycles. The first kappa shape index (κ1) is 17.8. The molecule has 6 nitrogen and oxygen atoms in total. The number of aliphatic hydroxyl groups is 1. The Balaban J connectivity index is 2.00. The van der Waals surface area contributed by atoms with Crippen molar-refractivity contribution in [2.75, 3.05) is 53.6 Å². The third kappa shape index (κ3) is 4.50. The Kier molecular flexibility index (Phi) is 6.50. The SMILES string of the molecule is COCCN(C)C[C@@H]1CN(C(=O)c2cnccc2C)C[C@@H]1CO. The summed E-state index contributed by atoms with van der Waals surface area (Å²) < 4.78 is 5.10. The van der Waals surface area contributed by atoms with Crippen LogP contribution >= 0.6 is 0 Å². The minimum Gasteiger partial charge on any atom is -0.396 e. The molecule has 6 heteroatoms. The van der Waals surface area contributed by atoms with Crippen LogP contribution in [0.3, 0.4) is 0 Å². The fourth-order valence-electron chi connectivity index (χ4n) is 3.12. The van der Waals surface area contributed by atoms with Gasteiger partial charge in [0, 0.05) is 58.2 Å². The molecular formula is C17H27N3O3. The average molecular weight is 321 g/mol. The van der Waals surface area contributed by atoms with Gasteiger partial charge in [-0.2, -0.15) is 0 Å². The van der Waals surface area contributed by atoms with Crippen LogP contribution in [0, 0.1) is 18.8 Å². The minimum absolute atomic E-state index is 0.0103. The summed E-state index contributed by atoms with van der Waals surface area (Å²) in [6.07, 6.45) is 3.32. The van der Waals surface area contributed by atoms with Crippen molar-refractivity contribution in [2.45, 2.75) is 6.92 Å². The van der Waals surface area contributed by atoms with Crippen molar-refractivity contribution < 1.29 is 14.6 Å². The number of hydrogen-bond acceptors (Lipinski definition) is 5. The second kappa shape index (κ2) is 8.38. The van der Waals surface area contributed by atoms with E-state index in [4.69, 9.17) is 4.74 Å². The topological polar surface area (TPSA) is 65.9 Å². The number of aromatic nitrogens is 1. The van der Waals surface area contributed by atoms with E-state index in [0.29, 0.717) is 25.3 Å². The van der Waals surface area contributed by atoms with Crippen molar-refractivity contribution >= 4 is 5.91 Å². The molecule has 0 bridgehead atoms. The molecule has 0 aromatic carbocycles. The molecular weight excluding hydrogens is 294 g/mol. The maximum absolute atomic E-state index is 12.7. The molecule has 2 heterocycles. The zero-order valence-corrected chi connectivity index (χ0v) is 14.2. The molecule has 2 rings (SSSR count). The molecule has 23 heavy (non-hydrogen) atoms. The number of hydrogen-bond donors (Lipinski definition) is 1. The Labute approximate surface area is 138 Å². The summed E-state index contributed by atoms with van der Waals surface area (Å²) >= 11 is 0. The summed E-state index contributed by atoms with van der Waals surface area (Å²) in [5, 5.41) is 9.66. The smallest absolute Gasteiger partial charge is 0.255 e. The largest absolute Gasteiger partial charge is 0.396 e. The molecule has 1 aromatic rings. The second-order valence-corrected chi connectivity index (χ2v) is 6.36. The van der Waals surface area contributed by atoms with Gasteiger partial charge in [-0.15, -0.1) is 0 Å². The van der Waals surface area contributed by atoms with Crippen molar-refractivity contribution in [3.8, 4) is 0 Å². The van der Waals surface area contributed by atoms with Gasteiger partial charge < -0.3 is 19.6 Å². The summed E-state index contributed by atoms with van der Waals surface area (Å²) in [5.74, 6) is 0.416. The van der Waals surface area contributed by atoms with Crippen LogP contribution in [-0.2, 0) is 4.74 Å². The van der Waals surface area contributed by atoms with Gasteiger partial charge in [0.05, 0.1) is 12.2 Å². The lowest BCUT2D eigenvalue weighted by Gasteiger charge is -2.23. The van der Waals surface area contributed by atoms with Crippen molar-refractivity contribution in [1.82, 2.24) is 14.8 Å². The van der Waals surface area contributed by atoms with Crippen molar-refractivity contribution in [3.63, 3.8) is 0 Å². The molecule has 0 saturated carbocycles. The van der Waals surface area contributed by atoms with E-state index >= 15 is 0 Å². The highest BCUT2D eigenvalue weighted by Gasteiger charge is 2.35. The lowest BCUT2D eigenvalue weighted by molar-refractivity contribution is 0.0777. The van der Waals surface area contributed by atoms with E-state index in [0.717, 1.165) is 18.7 Å². The highest BCUT2D eigenvalue weighted by Crippen LogP contribution is 2.25. The number of likely N-dealkylation sites (N-methyl/N-ethyl adjacent to an activating group) is 1. The minimum atomic E-state index is 0.0103. The van der Waals surface area contributed by atoms with Gasteiger partial charge in [0.25, 0.3) is 5.91 Å². The van der Waals surface area contributed by atoms with Crippen LogP contribution in [0.5, 0.6) is 0 Å². The van der Waals surface area contributed by atoms with E-state index in [2.05, 4.69) is 9.88 Å². The van der Waals surface area contributed by atoms with E-state index in [1.807, 2.05) is 24.9 Å². The van der Waals surface area contributed by atoms with Crippen LogP contribution in [0.1, 0.15) is 15.9 Å². The average Bonchev–Trinajstić information content (AvgIpc) is 2.95. The van der Waals surface area contributed by atoms with Gasteiger partial charge in [0.2, 0.25) is 0 Å². The fourth-order valence-corrected chi connectivity index (χ4v) is 3.12. The van der Waals surface area contributed by atoms with Gasteiger partial charge in [-0.3, -0.25) is 9.78 Å². The Morgan fingerprint density at radius 3 is 2.87 bits per heavy atom. The van der Waals surface area contributed by atoms with Gasteiger partial charge in [-0.1, -0.05) is 0 Å². The molecule has 1 aromatic heterocycles. The molecule has 1 amide bonds. The summed E-state index contributed by atoms with van der Waals surface area (Å²) in [5.41, 5.74) is 1.59. The highest BCUT2D eigenvalue weighted by atomic mass is 16.5. The maximum Gasteiger partial charge on any atom is 0.255 e. The molecule has 0 spiro atoms. The first-order chi connectivity index (χ1) is 11.1. The number of amides is 1. The van der Waals surface area contributed by atoms with Crippen LogP contribution in [0.4, 0.5) is 0 Å². The van der Waals surface area contributed by atoms with Crippen molar-refractivity contribution in [1.29, 1.82) is 0 Å². The van der Waals surface area contributed by atoms with Crippen LogP contribution < -0.4 is 0 Å². The molecule has 1 saturated heterocycles. The van der Waals surface area contributed by atoms with E-state index in [9.17, 15) is 9.90 Å². The number of likely N-dealkylation sites (tertiary alicyclic amines) is 1. The number of rotatable bonds is 7. The summed E-state index contributed by atoms with van der Waals surface area (Å²) in [7, 11) is 3.74. The van der Waals surface area contributed by atoms with E-state index < -0.39 is 0 Å². The molecule has 1 aliphatic rings. The number of aliphatic hydroxyl groups excluding tert-OH is 1. The number of pyridine rings is 1. The Hall–Kier alpha value is -1.50. The molecule has 128 valence electrons. The number of aryl methyl sites for hydroxylation is 1. The first-order valence-corrected chi connectivity index (χ1v) is 8.05. The van der Waals surface area contributed by atoms with E-state index in [1.54, 1.807) is 19.5 Å². The third-order valence-electron chi connectivity index (χ3n) is 4.59. The number of nitrogens with zero attached hydrogens (tertiary/aromatic N) is 3. The fraction of sp³-hybridized carbons (Fsp3) is 0.647. The monoisotopic (exact) mass is 321 g/mol. The zero-order chi connectivity index (χ0) is 16.8. The van der Waals surface area contributed by atoms with Gasteiger partial charge in [-0.25, -0.2) is 0 Å².